The summed E-state index contributed by atoms with van der Waals surface area (Å²) in [5, 5.41) is 0. The number of carbonyl (C=O) groups is 1. The van der Waals surface area contributed by atoms with Gasteiger partial charge < -0.3 is 14.0 Å². The molecule has 0 atom stereocenters. The summed E-state index contributed by atoms with van der Waals surface area (Å²) in [5.41, 5.74) is 0.0330. The Morgan fingerprint density at radius 2 is 1.86 bits per heavy atom. The molecule has 5 nitrogen and oxygen atoms in total. The molecule has 0 unspecified atom stereocenters. The van der Waals surface area contributed by atoms with E-state index < -0.39 is 18.3 Å². The SMILES string of the molecule is CC(C)COC(=O)n1ccc(B2OC(C)(C)C(C)(C)O2)c1. The van der Waals surface area contributed by atoms with E-state index in [1.54, 1.807) is 12.4 Å². The van der Waals surface area contributed by atoms with Gasteiger partial charge in [-0.2, -0.15) is 0 Å². The van der Waals surface area contributed by atoms with Gasteiger partial charge in [0.05, 0.1) is 17.8 Å². The van der Waals surface area contributed by atoms with Crippen LogP contribution < -0.4 is 5.46 Å². The minimum absolute atomic E-state index is 0.312. The first kappa shape index (κ1) is 16.1. The molecule has 0 spiro atoms. The predicted molar refractivity (Wildman–Crippen MR) is 81.7 cm³/mol. The van der Waals surface area contributed by atoms with Gasteiger partial charge in [0.25, 0.3) is 0 Å². The minimum Gasteiger partial charge on any atom is -0.449 e. The zero-order valence-corrected chi connectivity index (χ0v) is 13.7. The van der Waals surface area contributed by atoms with Crippen LogP contribution in [-0.4, -0.2) is 35.6 Å². The molecule has 1 aromatic heterocycles. The second-order valence-electron chi connectivity index (χ2n) is 6.91. The minimum atomic E-state index is -0.464. The Morgan fingerprint density at radius 1 is 1.29 bits per heavy atom. The average Bonchev–Trinajstić information content (AvgIpc) is 2.90. The summed E-state index contributed by atoms with van der Waals surface area (Å²) < 4.78 is 18.5. The van der Waals surface area contributed by atoms with Crippen LogP contribution in [0.5, 0.6) is 0 Å². The summed E-state index contributed by atoms with van der Waals surface area (Å²) in [6, 6.07) is 1.82. The van der Waals surface area contributed by atoms with E-state index in [4.69, 9.17) is 14.0 Å². The molecule has 0 aromatic carbocycles. The van der Waals surface area contributed by atoms with E-state index in [1.165, 1.54) is 4.57 Å². The molecule has 0 radical (unpaired) electrons. The van der Waals surface area contributed by atoms with Gasteiger partial charge in [-0.3, -0.25) is 4.57 Å². The van der Waals surface area contributed by atoms with Crippen molar-refractivity contribution in [3.8, 4) is 0 Å². The third-order valence-electron chi connectivity index (χ3n) is 3.99. The van der Waals surface area contributed by atoms with Crippen LogP contribution in [0.2, 0.25) is 0 Å². The van der Waals surface area contributed by atoms with Crippen molar-refractivity contribution in [3.63, 3.8) is 0 Å². The lowest BCUT2D eigenvalue weighted by Gasteiger charge is -2.32. The van der Waals surface area contributed by atoms with Crippen LogP contribution in [0.1, 0.15) is 41.5 Å². The monoisotopic (exact) mass is 293 g/mol. The molecule has 0 bridgehead atoms. The van der Waals surface area contributed by atoms with Crippen molar-refractivity contribution in [2.45, 2.75) is 52.7 Å². The first-order chi connectivity index (χ1) is 9.62. The smallest absolute Gasteiger partial charge is 0.449 e. The van der Waals surface area contributed by atoms with Crippen molar-refractivity contribution in [1.82, 2.24) is 4.57 Å². The van der Waals surface area contributed by atoms with Gasteiger partial charge in [-0.05, 0) is 39.7 Å². The first-order valence-corrected chi connectivity index (χ1v) is 7.33. The summed E-state index contributed by atoms with van der Waals surface area (Å²) in [6.45, 7) is 12.4. The number of ether oxygens (including phenoxy) is 1. The maximum atomic E-state index is 11.9. The van der Waals surface area contributed by atoms with Crippen LogP contribution in [0.3, 0.4) is 0 Å². The van der Waals surface area contributed by atoms with E-state index in [2.05, 4.69) is 0 Å². The molecule has 0 aliphatic carbocycles. The van der Waals surface area contributed by atoms with Crippen molar-refractivity contribution < 1.29 is 18.8 Å². The second-order valence-corrected chi connectivity index (χ2v) is 6.91. The van der Waals surface area contributed by atoms with Crippen LogP contribution in [0.15, 0.2) is 18.5 Å². The molecule has 1 fully saturated rings. The number of rotatable bonds is 3. The molecule has 1 aliphatic rings. The lowest BCUT2D eigenvalue weighted by molar-refractivity contribution is 0.00578. The van der Waals surface area contributed by atoms with E-state index in [-0.39, 0.29) is 6.09 Å². The molecule has 6 heteroatoms. The summed E-state index contributed by atoms with van der Waals surface area (Å²) in [6.07, 6.45) is 2.99. The van der Waals surface area contributed by atoms with Gasteiger partial charge in [0.15, 0.2) is 0 Å². The maximum Gasteiger partial charge on any atom is 0.496 e. The highest BCUT2D eigenvalue weighted by molar-refractivity contribution is 6.62. The van der Waals surface area contributed by atoms with E-state index in [0.29, 0.717) is 12.5 Å². The third kappa shape index (κ3) is 3.32. The fourth-order valence-electron chi connectivity index (χ4n) is 1.96. The molecule has 1 saturated heterocycles. The molecule has 21 heavy (non-hydrogen) atoms. The quantitative estimate of drug-likeness (QED) is 0.803. The normalized spacial score (nSPS) is 20.0. The Labute approximate surface area is 126 Å². The molecule has 1 aliphatic heterocycles. The molecule has 0 N–H and O–H groups in total. The highest BCUT2D eigenvalue weighted by Crippen LogP contribution is 2.36. The van der Waals surface area contributed by atoms with Crippen molar-refractivity contribution in [2.75, 3.05) is 6.61 Å². The molecule has 116 valence electrons. The zero-order chi connectivity index (χ0) is 15.8. The number of aromatic nitrogens is 1. The average molecular weight is 293 g/mol. The van der Waals surface area contributed by atoms with E-state index in [1.807, 2.05) is 47.6 Å². The highest BCUT2D eigenvalue weighted by atomic mass is 16.7. The summed E-state index contributed by atoms with van der Waals surface area (Å²) >= 11 is 0. The van der Waals surface area contributed by atoms with Gasteiger partial charge in [-0.1, -0.05) is 13.8 Å². The number of nitrogens with zero attached hydrogens (tertiary/aromatic N) is 1. The fraction of sp³-hybridized carbons (Fsp3) is 0.667. The molecule has 0 amide bonds. The summed E-state index contributed by atoms with van der Waals surface area (Å²) in [5.74, 6) is 0.312. The Morgan fingerprint density at radius 3 is 2.38 bits per heavy atom. The molecule has 1 aromatic rings. The van der Waals surface area contributed by atoms with Crippen molar-refractivity contribution in [3.05, 3.63) is 18.5 Å². The topological polar surface area (TPSA) is 49.7 Å². The Kier molecular flexibility index (Phi) is 4.22. The third-order valence-corrected chi connectivity index (χ3v) is 3.99. The number of carbonyl (C=O) groups excluding carboxylic acids is 1. The predicted octanol–water partition coefficient (Wildman–Crippen LogP) is 2.43. The van der Waals surface area contributed by atoms with E-state index in [0.717, 1.165) is 5.46 Å². The Balaban J connectivity index is 2.06. The van der Waals surface area contributed by atoms with Crippen LogP contribution >= 0.6 is 0 Å². The first-order valence-electron chi connectivity index (χ1n) is 7.33. The van der Waals surface area contributed by atoms with Crippen LogP contribution in [-0.2, 0) is 14.0 Å². The second kappa shape index (κ2) is 5.50. The van der Waals surface area contributed by atoms with E-state index >= 15 is 0 Å². The largest absolute Gasteiger partial charge is 0.496 e. The van der Waals surface area contributed by atoms with Gasteiger partial charge in [0.1, 0.15) is 0 Å². The molecule has 2 rings (SSSR count). The lowest BCUT2D eigenvalue weighted by atomic mass is 9.81. The van der Waals surface area contributed by atoms with E-state index in [9.17, 15) is 4.79 Å². The Hall–Kier alpha value is -1.27. The van der Waals surface area contributed by atoms with Gasteiger partial charge in [0, 0.05) is 17.9 Å². The van der Waals surface area contributed by atoms with Crippen LogP contribution in [0.4, 0.5) is 4.79 Å². The summed E-state index contributed by atoms with van der Waals surface area (Å²) in [4.78, 5) is 11.9. The van der Waals surface area contributed by atoms with Crippen molar-refractivity contribution in [1.29, 1.82) is 0 Å². The fourth-order valence-corrected chi connectivity index (χ4v) is 1.96. The highest BCUT2D eigenvalue weighted by Gasteiger charge is 2.51. The lowest BCUT2D eigenvalue weighted by Crippen LogP contribution is -2.41. The Bertz CT molecular complexity index is 505. The maximum absolute atomic E-state index is 11.9. The van der Waals surface area contributed by atoms with Crippen LogP contribution in [0.25, 0.3) is 0 Å². The van der Waals surface area contributed by atoms with Gasteiger partial charge >= 0.3 is 13.2 Å². The summed E-state index contributed by atoms with van der Waals surface area (Å²) in [7, 11) is -0.464. The standard InChI is InChI=1S/C15H24BNO4/c1-11(2)10-19-13(18)17-8-7-12(9-17)16-20-14(3,4)15(5,6)21-16/h7-9,11H,10H2,1-6H3. The van der Waals surface area contributed by atoms with Gasteiger partial charge in [-0.15, -0.1) is 0 Å². The molecular weight excluding hydrogens is 269 g/mol. The molecular formula is C15H24BNO4. The van der Waals surface area contributed by atoms with Crippen molar-refractivity contribution >= 4 is 18.7 Å². The number of hydrogen-bond donors (Lipinski definition) is 0. The zero-order valence-electron chi connectivity index (χ0n) is 13.7. The molecule has 2 heterocycles. The molecule has 0 saturated carbocycles. The van der Waals surface area contributed by atoms with Crippen LogP contribution in [0, 0.1) is 5.92 Å². The number of hydrogen-bond acceptors (Lipinski definition) is 4. The van der Waals surface area contributed by atoms with Crippen molar-refractivity contribution in [2.24, 2.45) is 5.92 Å². The van der Waals surface area contributed by atoms with Gasteiger partial charge in [0.2, 0.25) is 0 Å². The van der Waals surface area contributed by atoms with Gasteiger partial charge in [-0.25, -0.2) is 4.79 Å².